The van der Waals surface area contributed by atoms with Crippen molar-refractivity contribution in [3.05, 3.63) is 75.4 Å². The predicted molar refractivity (Wildman–Crippen MR) is 108 cm³/mol. The van der Waals surface area contributed by atoms with Gasteiger partial charge in [-0.2, -0.15) is 0 Å². The first-order valence-corrected chi connectivity index (χ1v) is 9.81. The van der Waals surface area contributed by atoms with Gasteiger partial charge in [0, 0.05) is 12.2 Å². The Morgan fingerprint density at radius 3 is 2.79 bits per heavy atom. The third-order valence-electron chi connectivity index (χ3n) is 4.03. The maximum Gasteiger partial charge on any atom is 0.343 e. The molecule has 0 aliphatic rings. The van der Waals surface area contributed by atoms with Crippen molar-refractivity contribution in [3.8, 4) is 0 Å². The fourth-order valence-electron chi connectivity index (χ4n) is 2.51. The summed E-state index contributed by atoms with van der Waals surface area (Å²) < 4.78 is 14.7. The van der Waals surface area contributed by atoms with Gasteiger partial charge in [-0.3, -0.25) is 9.36 Å². The van der Waals surface area contributed by atoms with Crippen molar-refractivity contribution in [1.29, 1.82) is 0 Å². The van der Waals surface area contributed by atoms with Crippen molar-refractivity contribution >= 4 is 35.0 Å². The Morgan fingerprint density at radius 1 is 1.32 bits per heavy atom. The van der Waals surface area contributed by atoms with Crippen molar-refractivity contribution in [2.45, 2.75) is 30.3 Å². The number of benzene rings is 2. The Balaban J connectivity index is 1.65. The van der Waals surface area contributed by atoms with Crippen molar-refractivity contribution in [2.75, 3.05) is 5.32 Å². The van der Waals surface area contributed by atoms with E-state index in [2.05, 4.69) is 15.5 Å². The van der Waals surface area contributed by atoms with Gasteiger partial charge in [0.2, 0.25) is 5.91 Å². The van der Waals surface area contributed by atoms with Crippen LogP contribution in [0.15, 0.2) is 58.5 Å². The SMILES string of the molecule is CC(Sc1n[nH]c(=O)n1CCc1ccccc1)C(=O)Nc1ccc(F)c(Cl)c1. The molecule has 2 aromatic carbocycles. The lowest BCUT2D eigenvalue weighted by atomic mass is 10.1. The van der Waals surface area contributed by atoms with Gasteiger partial charge < -0.3 is 5.32 Å². The number of carbonyl (C=O) groups is 1. The van der Waals surface area contributed by atoms with Crippen LogP contribution in [0.5, 0.6) is 0 Å². The monoisotopic (exact) mass is 420 g/mol. The number of nitrogens with zero attached hydrogens (tertiary/aromatic N) is 2. The molecule has 0 spiro atoms. The van der Waals surface area contributed by atoms with Gasteiger partial charge in [0.25, 0.3) is 0 Å². The third-order valence-corrected chi connectivity index (χ3v) is 5.41. The molecule has 1 amide bonds. The highest BCUT2D eigenvalue weighted by Crippen LogP contribution is 2.23. The summed E-state index contributed by atoms with van der Waals surface area (Å²) >= 11 is 6.89. The smallest absolute Gasteiger partial charge is 0.325 e. The minimum Gasteiger partial charge on any atom is -0.325 e. The van der Waals surface area contributed by atoms with Gasteiger partial charge in [-0.05, 0) is 37.1 Å². The number of carbonyl (C=O) groups excluding carboxylic acids is 1. The molecule has 0 aliphatic heterocycles. The molecule has 1 aromatic heterocycles. The molecule has 1 atom stereocenters. The van der Waals surface area contributed by atoms with E-state index in [9.17, 15) is 14.0 Å². The summed E-state index contributed by atoms with van der Waals surface area (Å²) in [5.74, 6) is -0.862. The van der Waals surface area contributed by atoms with E-state index in [4.69, 9.17) is 11.6 Å². The number of aromatic amines is 1. The largest absolute Gasteiger partial charge is 0.343 e. The van der Waals surface area contributed by atoms with Crippen LogP contribution in [-0.4, -0.2) is 25.9 Å². The van der Waals surface area contributed by atoms with Crippen LogP contribution in [0.4, 0.5) is 10.1 Å². The lowest BCUT2D eigenvalue weighted by Crippen LogP contribution is -2.24. The topological polar surface area (TPSA) is 79.8 Å². The molecule has 1 unspecified atom stereocenters. The number of hydrogen-bond acceptors (Lipinski definition) is 4. The molecule has 9 heteroatoms. The van der Waals surface area contributed by atoms with E-state index in [1.165, 1.54) is 22.8 Å². The second-order valence-electron chi connectivity index (χ2n) is 6.08. The highest BCUT2D eigenvalue weighted by atomic mass is 35.5. The van der Waals surface area contributed by atoms with Gasteiger partial charge in [-0.25, -0.2) is 14.3 Å². The summed E-state index contributed by atoms with van der Waals surface area (Å²) in [6, 6.07) is 13.8. The first-order valence-electron chi connectivity index (χ1n) is 8.55. The quantitative estimate of drug-likeness (QED) is 0.571. The van der Waals surface area contributed by atoms with Crippen LogP contribution in [0.3, 0.4) is 0 Å². The van der Waals surface area contributed by atoms with Crippen LogP contribution < -0.4 is 11.0 Å². The second-order valence-corrected chi connectivity index (χ2v) is 7.79. The molecule has 28 heavy (non-hydrogen) atoms. The lowest BCUT2D eigenvalue weighted by molar-refractivity contribution is -0.115. The van der Waals surface area contributed by atoms with Gasteiger partial charge in [0.1, 0.15) is 5.82 Å². The van der Waals surface area contributed by atoms with Crippen LogP contribution in [0.1, 0.15) is 12.5 Å². The first-order chi connectivity index (χ1) is 13.4. The normalized spacial score (nSPS) is 12.0. The van der Waals surface area contributed by atoms with Gasteiger partial charge in [0.15, 0.2) is 5.16 Å². The van der Waals surface area contributed by atoms with E-state index in [1.807, 2.05) is 30.3 Å². The van der Waals surface area contributed by atoms with Crippen molar-refractivity contribution in [2.24, 2.45) is 0 Å². The van der Waals surface area contributed by atoms with E-state index < -0.39 is 11.1 Å². The van der Waals surface area contributed by atoms with Crippen LogP contribution >= 0.6 is 23.4 Å². The van der Waals surface area contributed by atoms with E-state index in [0.717, 1.165) is 17.3 Å². The van der Waals surface area contributed by atoms with Crippen molar-refractivity contribution in [3.63, 3.8) is 0 Å². The number of hydrogen-bond donors (Lipinski definition) is 2. The fourth-order valence-corrected chi connectivity index (χ4v) is 3.57. The van der Waals surface area contributed by atoms with Crippen LogP contribution in [0.25, 0.3) is 0 Å². The minimum atomic E-state index is -0.555. The number of amides is 1. The summed E-state index contributed by atoms with van der Waals surface area (Å²) in [4.78, 5) is 24.5. The highest BCUT2D eigenvalue weighted by molar-refractivity contribution is 8.00. The van der Waals surface area contributed by atoms with E-state index in [-0.39, 0.29) is 16.6 Å². The molecule has 1 heterocycles. The maximum absolute atomic E-state index is 13.2. The van der Waals surface area contributed by atoms with Crippen molar-refractivity contribution in [1.82, 2.24) is 14.8 Å². The van der Waals surface area contributed by atoms with Gasteiger partial charge in [0.05, 0.1) is 10.3 Å². The summed E-state index contributed by atoms with van der Waals surface area (Å²) in [5, 5.41) is 8.95. The third kappa shape index (κ3) is 5.02. The number of aryl methyl sites for hydroxylation is 1. The Hall–Kier alpha value is -2.58. The fraction of sp³-hybridized carbons (Fsp3) is 0.211. The summed E-state index contributed by atoms with van der Waals surface area (Å²) in [6.07, 6.45) is 0.669. The summed E-state index contributed by atoms with van der Waals surface area (Å²) in [6.45, 7) is 2.15. The van der Waals surface area contributed by atoms with Crippen LogP contribution in [0, 0.1) is 5.82 Å². The van der Waals surface area contributed by atoms with Gasteiger partial charge in [-0.1, -0.05) is 53.7 Å². The zero-order valence-electron chi connectivity index (χ0n) is 15.0. The number of anilines is 1. The number of rotatable bonds is 7. The average molecular weight is 421 g/mol. The molecule has 0 saturated carbocycles. The standard InChI is InChI=1S/C19H18ClFN4O2S/c1-12(17(26)22-14-7-8-16(21)15(20)11-14)28-19-24-23-18(27)25(19)10-9-13-5-3-2-4-6-13/h2-8,11-12H,9-10H2,1H3,(H,22,26)(H,23,27). The zero-order chi connectivity index (χ0) is 20.1. The zero-order valence-corrected chi connectivity index (χ0v) is 16.6. The average Bonchev–Trinajstić information content (AvgIpc) is 3.03. The molecular weight excluding hydrogens is 403 g/mol. The van der Waals surface area contributed by atoms with Crippen LogP contribution in [0.2, 0.25) is 5.02 Å². The highest BCUT2D eigenvalue weighted by Gasteiger charge is 2.19. The van der Waals surface area contributed by atoms with Crippen LogP contribution in [-0.2, 0) is 17.8 Å². The number of nitrogens with one attached hydrogen (secondary N) is 2. The summed E-state index contributed by atoms with van der Waals surface area (Å²) in [5.41, 5.74) is 1.18. The molecule has 0 saturated heterocycles. The summed E-state index contributed by atoms with van der Waals surface area (Å²) in [7, 11) is 0. The molecular formula is C19H18ClFN4O2S. The van der Waals surface area contributed by atoms with Crippen molar-refractivity contribution < 1.29 is 9.18 Å². The molecule has 0 aliphatic carbocycles. The first kappa shape index (κ1) is 20.2. The number of halogens is 2. The van der Waals surface area contributed by atoms with Gasteiger partial charge >= 0.3 is 5.69 Å². The second kappa shape index (κ2) is 9.07. The van der Waals surface area contributed by atoms with Gasteiger partial charge in [-0.15, -0.1) is 5.10 Å². The Kier molecular flexibility index (Phi) is 6.53. The van der Waals surface area contributed by atoms with E-state index in [1.54, 1.807) is 6.92 Å². The van der Waals surface area contributed by atoms with E-state index in [0.29, 0.717) is 23.8 Å². The molecule has 0 bridgehead atoms. The molecule has 3 aromatic rings. The number of H-pyrrole nitrogens is 1. The minimum absolute atomic E-state index is 0.0693. The Labute approximate surface area is 170 Å². The predicted octanol–water partition coefficient (Wildman–Crippen LogP) is 3.73. The molecule has 2 N–H and O–H groups in total. The lowest BCUT2D eigenvalue weighted by Gasteiger charge is -2.12. The number of aromatic nitrogens is 3. The molecule has 0 fully saturated rings. The molecule has 6 nitrogen and oxygen atoms in total. The Morgan fingerprint density at radius 2 is 2.07 bits per heavy atom. The molecule has 3 rings (SSSR count). The van der Waals surface area contributed by atoms with E-state index >= 15 is 0 Å². The maximum atomic E-state index is 13.2. The Bertz CT molecular complexity index is 1020. The molecule has 0 radical (unpaired) electrons. The number of thioether (sulfide) groups is 1. The molecule has 146 valence electrons.